The lowest BCUT2D eigenvalue weighted by Gasteiger charge is -2.30. The van der Waals surface area contributed by atoms with Crippen molar-refractivity contribution in [1.82, 2.24) is 9.80 Å². The molecule has 0 spiro atoms. The van der Waals surface area contributed by atoms with Crippen LogP contribution in [0.3, 0.4) is 0 Å². The maximum atomic E-state index is 11.1. The summed E-state index contributed by atoms with van der Waals surface area (Å²) in [5, 5.41) is 9.16. The van der Waals surface area contributed by atoms with E-state index in [1.165, 1.54) is 5.56 Å². The van der Waals surface area contributed by atoms with Gasteiger partial charge in [0.1, 0.15) is 12.4 Å². The summed E-state index contributed by atoms with van der Waals surface area (Å²) in [4.78, 5) is 15.4. The molecule has 1 aliphatic rings. The predicted molar refractivity (Wildman–Crippen MR) is 86.1 cm³/mol. The highest BCUT2D eigenvalue weighted by Gasteiger charge is 2.25. The average Bonchev–Trinajstić information content (AvgIpc) is 2.47. The summed E-state index contributed by atoms with van der Waals surface area (Å²) in [5.74, 6) is -0.0233. The number of nitrogens with zero attached hydrogens (tertiary/aromatic N) is 2. The van der Waals surface area contributed by atoms with E-state index >= 15 is 0 Å². The number of aliphatic carboxylic acids is 1. The van der Waals surface area contributed by atoms with Crippen molar-refractivity contribution in [1.29, 1.82) is 0 Å². The lowest BCUT2D eigenvalue weighted by atomic mass is 9.98. The molecular weight excluding hydrogens is 280 g/mol. The summed E-state index contributed by atoms with van der Waals surface area (Å²) in [7, 11) is 4.05. The fourth-order valence-corrected chi connectivity index (χ4v) is 2.74. The number of hydrogen-bond acceptors (Lipinski definition) is 4. The summed E-state index contributed by atoms with van der Waals surface area (Å²) in [6, 6.07) is 8.09. The molecule has 1 heterocycles. The molecule has 1 unspecified atom stereocenters. The molecule has 0 aliphatic carbocycles. The topological polar surface area (TPSA) is 53.0 Å². The third-order valence-corrected chi connectivity index (χ3v) is 3.97. The van der Waals surface area contributed by atoms with Crippen molar-refractivity contribution in [3.8, 4) is 5.75 Å². The van der Waals surface area contributed by atoms with Crippen LogP contribution >= 0.6 is 0 Å². The zero-order chi connectivity index (χ0) is 15.9. The van der Waals surface area contributed by atoms with E-state index in [0.717, 1.165) is 38.2 Å². The highest BCUT2D eigenvalue weighted by atomic mass is 16.5. The molecule has 1 fully saturated rings. The standard InChI is InChI=1S/C17H26N2O3/c1-18(2)9-10-22-16-7-3-5-14(11-16)12-19-8-4-6-15(13-19)17(20)21/h3,5,7,11,15H,4,6,8-10,12-13H2,1-2H3,(H,20,21). The number of benzene rings is 1. The van der Waals surface area contributed by atoms with Crippen molar-refractivity contribution in [2.75, 3.05) is 40.3 Å². The van der Waals surface area contributed by atoms with E-state index in [2.05, 4.69) is 21.9 Å². The fraction of sp³-hybridized carbons (Fsp3) is 0.588. The molecule has 0 aromatic heterocycles. The number of hydrogen-bond donors (Lipinski definition) is 1. The van der Waals surface area contributed by atoms with Gasteiger partial charge in [0.15, 0.2) is 0 Å². The fourth-order valence-electron chi connectivity index (χ4n) is 2.74. The van der Waals surface area contributed by atoms with Crippen LogP contribution in [-0.4, -0.2) is 61.2 Å². The molecule has 22 heavy (non-hydrogen) atoms. The van der Waals surface area contributed by atoms with Crippen LogP contribution in [0.2, 0.25) is 0 Å². The minimum atomic E-state index is -0.675. The van der Waals surface area contributed by atoms with Crippen molar-refractivity contribution in [3.05, 3.63) is 29.8 Å². The van der Waals surface area contributed by atoms with Crippen molar-refractivity contribution in [2.45, 2.75) is 19.4 Å². The minimum absolute atomic E-state index is 0.228. The maximum Gasteiger partial charge on any atom is 0.307 e. The number of carboxylic acids is 1. The molecule has 0 saturated carbocycles. The monoisotopic (exact) mass is 306 g/mol. The normalized spacial score (nSPS) is 19.3. The quantitative estimate of drug-likeness (QED) is 0.834. The van der Waals surface area contributed by atoms with E-state index in [9.17, 15) is 4.79 Å². The van der Waals surface area contributed by atoms with Crippen molar-refractivity contribution < 1.29 is 14.6 Å². The van der Waals surface area contributed by atoms with E-state index in [0.29, 0.717) is 13.2 Å². The first-order valence-corrected chi connectivity index (χ1v) is 7.86. The molecule has 5 heteroatoms. The van der Waals surface area contributed by atoms with Crippen molar-refractivity contribution in [2.24, 2.45) is 5.92 Å². The molecule has 1 saturated heterocycles. The highest BCUT2D eigenvalue weighted by molar-refractivity contribution is 5.70. The lowest BCUT2D eigenvalue weighted by Crippen LogP contribution is -2.38. The first-order valence-electron chi connectivity index (χ1n) is 7.86. The summed E-state index contributed by atoms with van der Waals surface area (Å²) in [6.07, 6.45) is 1.75. The zero-order valence-corrected chi connectivity index (χ0v) is 13.5. The van der Waals surface area contributed by atoms with Crippen LogP contribution in [0.5, 0.6) is 5.75 Å². The van der Waals surface area contributed by atoms with Gasteiger partial charge in [-0.1, -0.05) is 12.1 Å². The summed E-state index contributed by atoms with van der Waals surface area (Å²) in [6.45, 7) is 3.95. The lowest BCUT2D eigenvalue weighted by molar-refractivity contribution is -0.143. The summed E-state index contributed by atoms with van der Waals surface area (Å²) in [5.41, 5.74) is 1.17. The van der Waals surface area contributed by atoms with E-state index in [1.807, 2.05) is 26.2 Å². The Morgan fingerprint density at radius 3 is 3.00 bits per heavy atom. The molecule has 1 aromatic carbocycles. The number of likely N-dealkylation sites (N-methyl/N-ethyl adjacent to an activating group) is 1. The summed E-state index contributed by atoms with van der Waals surface area (Å²) < 4.78 is 5.75. The van der Waals surface area contributed by atoms with E-state index < -0.39 is 5.97 Å². The molecule has 1 aliphatic heterocycles. The third-order valence-electron chi connectivity index (χ3n) is 3.97. The van der Waals surface area contributed by atoms with Crippen molar-refractivity contribution in [3.63, 3.8) is 0 Å². The van der Waals surface area contributed by atoms with Gasteiger partial charge in [0.2, 0.25) is 0 Å². The van der Waals surface area contributed by atoms with Crippen LogP contribution in [0.25, 0.3) is 0 Å². The molecule has 2 rings (SSSR count). The largest absolute Gasteiger partial charge is 0.492 e. The van der Waals surface area contributed by atoms with Gasteiger partial charge in [-0.2, -0.15) is 0 Å². The van der Waals surface area contributed by atoms with Gasteiger partial charge in [-0.25, -0.2) is 0 Å². The van der Waals surface area contributed by atoms with E-state index in [4.69, 9.17) is 9.84 Å². The third kappa shape index (κ3) is 5.31. The Balaban J connectivity index is 1.88. The van der Waals surface area contributed by atoms with Gasteiger partial charge in [-0.3, -0.25) is 9.69 Å². The van der Waals surface area contributed by atoms with Gasteiger partial charge in [0.05, 0.1) is 5.92 Å². The second-order valence-corrected chi connectivity index (χ2v) is 6.21. The smallest absolute Gasteiger partial charge is 0.307 e. The number of piperidine rings is 1. The van der Waals surface area contributed by atoms with Gasteiger partial charge in [-0.05, 0) is 51.2 Å². The number of rotatable bonds is 7. The molecule has 122 valence electrons. The van der Waals surface area contributed by atoms with Crippen LogP contribution in [-0.2, 0) is 11.3 Å². The second-order valence-electron chi connectivity index (χ2n) is 6.21. The van der Waals surface area contributed by atoms with Gasteiger partial charge in [-0.15, -0.1) is 0 Å². The average molecular weight is 306 g/mol. The Labute approximate surface area is 132 Å². The summed E-state index contributed by atoms with van der Waals surface area (Å²) >= 11 is 0. The number of likely N-dealkylation sites (tertiary alicyclic amines) is 1. The molecule has 1 atom stereocenters. The molecule has 0 radical (unpaired) electrons. The first kappa shape index (κ1) is 16.8. The molecular formula is C17H26N2O3. The minimum Gasteiger partial charge on any atom is -0.492 e. The Bertz CT molecular complexity index is 491. The Kier molecular flexibility index (Phi) is 6.21. The van der Waals surface area contributed by atoms with Crippen molar-refractivity contribution >= 4 is 5.97 Å². The highest BCUT2D eigenvalue weighted by Crippen LogP contribution is 2.20. The van der Waals surface area contributed by atoms with E-state index in [-0.39, 0.29) is 5.92 Å². The molecule has 0 amide bonds. The predicted octanol–water partition coefficient (Wildman–Crippen LogP) is 1.92. The van der Waals surface area contributed by atoms with Crippen LogP contribution in [0.1, 0.15) is 18.4 Å². The number of ether oxygens (including phenoxy) is 1. The Morgan fingerprint density at radius 1 is 1.45 bits per heavy atom. The van der Waals surface area contributed by atoms with Gasteiger partial charge in [0.25, 0.3) is 0 Å². The molecule has 1 aromatic rings. The first-order chi connectivity index (χ1) is 10.5. The SMILES string of the molecule is CN(C)CCOc1cccc(CN2CCCC(C(=O)O)C2)c1. The van der Waals surface area contributed by atoms with E-state index in [1.54, 1.807) is 0 Å². The Hall–Kier alpha value is -1.59. The molecule has 0 bridgehead atoms. The zero-order valence-electron chi connectivity index (χ0n) is 13.5. The molecule has 1 N–H and O–H groups in total. The van der Waals surface area contributed by atoms with Gasteiger partial charge in [0, 0.05) is 19.6 Å². The van der Waals surface area contributed by atoms with Crippen LogP contribution < -0.4 is 4.74 Å². The number of carboxylic acid groups (broad SMARTS) is 1. The van der Waals surface area contributed by atoms with Gasteiger partial charge < -0.3 is 14.7 Å². The number of carbonyl (C=O) groups is 1. The van der Waals surface area contributed by atoms with Crippen LogP contribution in [0.4, 0.5) is 0 Å². The van der Waals surface area contributed by atoms with Crippen LogP contribution in [0, 0.1) is 5.92 Å². The Morgan fingerprint density at radius 2 is 2.27 bits per heavy atom. The second kappa shape index (κ2) is 8.15. The van der Waals surface area contributed by atoms with Crippen LogP contribution in [0.15, 0.2) is 24.3 Å². The van der Waals surface area contributed by atoms with Gasteiger partial charge >= 0.3 is 5.97 Å². The maximum absolute atomic E-state index is 11.1. The molecule has 5 nitrogen and oxygen atoms in total.